The average Bonchev–Trinajstić information content (AvgIpc) is 3.50. The molecule has 5 heterocycles. The Labute approximate surface area is 283 Å². The number of para-hydroxylation sites is 5. The van der Waals surface area contributed by atoms with E-state index in [1.807, 2.05) is 0 Å². The predicted octanol–water partition coefficient (Wildman–Crippen LogP) is 6.43. The summed E-state index contributed by atoms with van der Waals surface area (Å²) in [6, 6.07) is 50.3. The molecule has 4 aliphatic rings. The van der Waals surface area contributed by atoms with Gasteiger partial charge in [-0.2, -0.15) is 0 Å². The van der Waals surface area contributed by atoms with Crippen LogP contribution in [0.4, 0.5) is 17.1 Å². The van der Waals surface area contributed by atoms with Gasteiger partial charge in [0.25, 0.3) is 13.4 Å². The Balaban J connectivity index is 1.20. The van der Waals surface area contributed by atoms with Crippen LogP contribution in [0.25, 0.3) is 27.5 Å². The maximum absolute atomic E-state index is 7.05. The molecule has 4 nitrogen and oxygen atoms in total. The molecule has 12 rings (SSSR count). The molecule has 0 radical (unpaired) electrons. The van der Waals surface area contributed by atoms with Gasteiger partial charge in [-0.15, -0.1) is 0 Å². The lowest BCUT2D eigenvalue weighted by Crippen LogP contribution is -2.65. The average molecular weight is 624 g/mol. The summed E-state index contributed by atoms with van der Waals surface area (Å²) >= 11 is 0. The van der Waals surface area contributed by atoms with Gasteiger partial charge in [0.1, 0.15) is 23.0 Å². The van der Waals surface area contributed by atoms with E-state index >= 15 is 0 Å². The molecule has 0 N–H and O–H groups in total. The smallest absolute Gasteiger partial charge is 0.256 e. The summed E-state index contributed by atoms with van der Waals surface area (Å²) in [7, 11) is 0. The van der Waals surface area contributed by atoms with E-state index in [9.17, 15) is 0 Å². The minimum atomic E-state index is -0.00835. The van der Waals surface area contributed by atoms with Gasteiger partial charge in [-0.05, 0) is 88.2 Å². The molecule has 7 aromatic carbocycles. The summed E-state index contributed by atoms with van der Waals surface area (Å²) in [5.74, 6) is 3.67. The number of rotatable bonds is 3. The Hall–Kier alpha value is -6.13. The Bertz CT molecular complexity index is 2720. The van der Waals surface area contributed by atoms with Gasteiger partial charge in [-0.3, -0.25) is 0 Å². The van der Waals surface area contributed by atoms with Gasteiger partial charge >= 0.3 is 0 Å². The molecule has 4 aliphatic heterocycles. The van der Waals surface area contributed by atoms with Crippen LogP contribution in [0.2, 0.25) is 0 Å². The normalized spacial score (nSPS) is 13.7. The van der Waals surface area contributed by atoms with Gasteiger partial charge < -0.3 is 18.9 Å². The quantitative estimate of drug-likeness (QED) is 0.212. The number of hydrogen-bond donors (Lipinski definition) is 0. The Morgan fingerprint density at radius 1 is 0.490 bits per heavy atom. The molecule has 0 spiro atoms. The van der Waals surface area contributed by atoms with Crippen LogP contribution in [0.5, 0.6) is 23.0 Å². The van der Waals surface area contributed by atoms with Crippen molar-refractivity contribution in [3.63, 3.8) is 0 Å². The van der Waals surface area contributed by atoms with Crippen LogP contribution in [-0.4, -0.2) is 18.0 Å². The number of benzene rings is 7. The maximum Gasteiger partial charge on any atom is 0.256 e. The molecule has 0 aliphatic carbocycles. The van der Waals surface area contributed by atoms with E-state index in [0.717, 1.165) is 45.6 Å². The third-order valence-corrected chi connectivity index (χ3v) is 11.2. The lowest BCUT2D eigenvalue weighted by molar-refractivity contribution is 0.458. The van der Waals surface area contributed by atoms with Gasteiger partial charge in [-0.25, -0.2) is 0 Å². The Kier molecular flexibility index (Phi) is 4.79. The van der Waals surface area contributed by atoms with Crippen LogP contribution in [0.3, 0.4) is 0 Å². The lowest BCUT2D eigenvalue weighted by atomic mass is 9.30. The second-order valence-corrected chi connectivity index (χ2v) is 13.6. The minimum Gasteiger partial charge on any atom is -0.458 e. The highest BCUT2D eigenvalue weighted by molar-refractivity contribution is 7.03. The summed E-state index contributed by atoms with van der Waals surface area (Å²) in [5.41, 5.74) is 15.8. The van der Waals surface area contributed by atoms with Crippen LogP contribution in [0.1, 0.15) is 5.56 Å². The summed E-state index contributed by atoms with van der Waals surface area (Å²) in [6.45, 7) is 2.24. The van der Waals surface area contributed by atoms with Gasteiger partial charge in [0.15, 0.2) is 0 Å². The fourth-order valence-electron chi connectivity index (χ4n) is 9.35. The van der Waals surface area contributed by atoms with E-state index in [4.69, 9.17) is 9.47 Å². The highest BCUT2D eigenvalue weighted by atomic mass is 16.5. The highest BCUT2D eigenvalue weighted by Crippen LogP contribution is 2.45. The van der Waals surface area contributed by atoms with Crippen LogP contribution >= 0.6 is 0 Å². The number of ether oxygens (including phenoxy) is 2. The molecule has 1 aromatic heterocycles. The van der Waals surface area contributed by atoms with Crippen molar-refractivity contribution >= 4 is 85.1 Å². The molecule has 0 saturated heterocycles. The molecule has 0 atom stereocenters. The number of anilines is 3. The van der Waals surface area contributed by atoms with Crippen molar-refractivity contribution < 1.29 is 9.47 Å². The lowest BCUT2D eigenvalue weighted by Gasteiger charge is -2.41. The van der Waals surface area contributed by atoms with Crippen LogP contribution in [0.15, 0.2) is 140 Å². The molecular formula is C43H26B2N2O2. The highest BCUT2D eigenvalue weighted by Gasteiger charge is 2.49. The van der Waals surface area contributed by atoms with Crippen molar-refractivity contribution in [3.05, 3.63) is 145 Å². The van der Waals surface area contributed by atoms with Gasteiger partial charge in [0.05, 0.1) is 0 Å². The van der Waals surface area contributed by atoms with Crippen molar-refractivity contribution in [2.45, 2.75) is 6.92 Å². The van der Waals surface area contributed by atoms with Crippen molar-refractivity contribution in [1.29, 1.82) is 0 Å². The van der Waals surface area contributed by atoms with E-state index in [1.54, 1.807) is 0 Å². The van der Waals surface area contributed by atoms with Crippen molar-refractivity contribution in [2.24, 2.45) is 0 Å². The molecule has 0 saturated carbocycles. The van der Waals surface area contributed by atoms with Crippen LogP contribution in [-0.2, 0) is 0 Å². The first-order chi connectivity index (χ1) is 24.3. The van der Waals surface area contributed by atoms with E-state index in [1.165, 1.54) is 60.3 Å². The summed E-state index contributed by atoms with van der Waals surface area (Å²) in [6.07, 6.45) is 0. The van der Waals surface area contributed by atoms with Gasteiger partial charge in [-0.1, -0.05) is 91.0 Å². The molecule has 49 heavy (non-hydrogen) atoms. The van der Waals surface area contributed by atoms with E-state index < -0.39 is 0 Å². The summed E-state index contributed by atoms with van der Waals surface area (Å²) in [5, 5.41) is 2.59. The third kappa shape index (κ3) is 3.13. The molecule has 0 fully saturated rings. The number of fused-ring (bicyclic) bond motifs is 7. The molecule has 8 aromatic rings. The van der Waals surface area contributed by atoms with Crippen LogP contribution in [0, 0.1) is 6.92 Å². The van der Waals surface area contributed by atoms with Crippen molar-refractivity contribution in [2.75, 3.05) is 4.90 Å². The molecule has 0 unspecified atom stereocenters. The fraction of sp³-hybridized carbons (Fsp3) is 0.0233. The Morgan fingerprint density at radius 3 is 1.65 bits per heavy atom. The first-order valence-electron chi connectivity index (χ1n) is 17.0. The van der Waals surface area contributed by atoms with Crippen molar-refractivity contribution in [3.8, 4) is 28.7 Å². The standard InChI is InChI=1S/C43H26B2N2O2/c1-25-42-37-41-38-43(25)49-36-23-22-28(46(26-12-4-2-5-13-26)27-14-6-3-7-15-27)24-34(36)45(38)33-20-11-17-30-29-16-10-19-32(39(29)47(41)40(30)33)44(37)31-18-8-9-21-35(31)48-42/h2-24H,1H3. The molecule has 0 bridgehead atoms. The zero-order chi connectivity index (χ0) is 32.0. The zero-order valence-electron chi connectivity index (χ0n) is 26.6. The zero-order valence-corrected chi connectivity index (χ0v) is 26.6. The number of hydrogen-bond acceptors (Lipinski definition) is 3. The van der Waals surface area contributed by atoms with Crippen molar-refractivity contribution in [1.82, 2.24) is 4.57 Å². The topological polar surface area (TPSA) is 26.6 Å². The first kappa shape index (κ1) is 25.9. The third-order valence-electron chi connectivity index (χ3n) is 11.2. The molecular weight excluding hydrogens is 598 g/mol. The number of nitrogens with zero attached hydrogens (tertiary/aromatic N) is 2. The predicted molar refractivity (Wildman–Crippen MR) is 203 cm³/mol. The second-order valence-electron chi connectivity index (χ2n) is 13.6. The fourth-order valence-corrected chi connectivity index (χ4v) is 9.35. The van der Waals surface area contributed by atoms with Crippen LogP contribution < -0.4 is 47.2 Å². The largest absolute Gasteiger partial charge is 0.458 e. The molecule has 226 valence electrons. The number of aromatic nitrogens is 1. The van der Waals surface area contributed by atoms with Gasteiger partial charge in [0, 0.05) is 50.1 Å². The van der Waals surface area contributed by atoms with Gasteiger partial charge in [0.2, 0.25) is 0 Å². The second kappa shape index (κ2) is 9.06. The monoisotopic (exact) mass is 624 g/mol. The SMILES string of the molecule is Cc1c2c3c4c5c1Oc1ccc(N(c6ccccc6)c6ccccc6)cc1B5c1cccc5c6cccc(c6n-4c15)B3c1ccccc1O2. The van der Waals surface area contributed by atoms with E-state index in [-0.39, 0.29) is 13.4 Å². The molecule has 6 heteroatoms. The first-order valence-corrected chi connectivity index (χ1v) is 17.0. The Morgan fingerprint density at radius 2 is 1.02 bits per heavy atom. The summed E-state index contributed by atoms with van der Waals surface area (Å²) in [4.78, 5) is 2.34. The maximum atomic E-state index is 7.05. The molecule has 0 amide bonds. The summed E-state index contributed by atoms with van der Waals surface area (Å²) < 4.78 is 16.5. The minimum absolute atomic E-state index is 0.00835. The van der Waals surface area contributed by atoms with E-state index in [0.29, 0.717) is 0 Å². The van der Waals surface area contributed by atoms with E-state index in [2.05, 4.69) is 156 Å².